The van der Waals surface area contributed by atoms with Crippen molar-refractivity contribution in [3.63, 3.8) is 0 Å². The molecule has 2 aromatic heterocycles. The zero-order valence-electron chi connectivity index (χ0n) is 16.4. The summed E-state index contributed by atoms with van der Waals surface area (Å²) in [5.74, 6) is 0.595. The highest BCUT2D eigenvalue weighted by Gasteiger charge is 2.25. The van der Waals surface area contributed by atoms with Crippen LogP contribution < -0.4 is 5.73 Å². The van der Waals surface area contributed by atoms with Crippen molar-refractivity contribution in [2.24, 2.45) is 5.73 Å². The molecule has 9 heteroatoms. The summed E-state index contributed by atoms with van der Waals surface area (Å²) >= 11 is 2.55. The van der Waals surface area contributed by atoms with Crippen LogP contribution in [0.3, 0.4) is 0 Å². The first-order valence-electron chi connectivity index (χ1n) is 9.19. The normalized spacial score (nSPS) is 11.8. The second kappa shape index (κ2) is 7.90. The lowest BCUT2D eigenvalue weighted by Crippen LogP contribution is -2.09. The second-order valence-corrected chi connectivity index (χ2v) is 10.6. The van der Waals surface area contributed by atoms with Gasteiger partial charge in [-0.3, -0.25) is 5.41 Å². The van der Waals surface area contributed by atoms with Gasteiger partial charge in [0.1, 0.15) is 11.7 Å². The van der Waals surface area contributed by atoms with Crippen LogP contribution in [0, 0.1) is 5.41 Å². The average molecular weight is 457 g/mol. The summed E-state index contributed by atoms with van der Waals surface area (Å²) in [4.78, 5) is 5.56. The molecule has 30 heavy (non-hydrogen) atoms. The number of amidine groups is 1. The topological polar surface area (TPSA) is 102 Å². The summed E-state index contributed by atoms with van der Waals surface area (Å²) in [6.07, 6.45) is 1.81. The van der Waals surface area contributed by atoms with Gasteiger partial charge >= 0.3 is 0 Å². The molecule has 0 spiro atoms. The number of aryl methyl sites for hydroxylation is 1. The number of para-hydroxylation sites is 2. The smallest absolute Gasteiger partial charge is 0.208 e. The van der Waals surface area contributed by atoms with E-state index < -0.39 is 9.84 Å². The van der Waals surface area contributed by atoms with Crippen LogP contribution in [0.4, 0.5) is 0 Å². The molecule has 4 rings (SSSR count). The number of nitrogens with zero attached hydrogens (tertiary/aromatic N) is 2. The van der Waals surface area contributed by atoms with Gasteiger partial charge in [0.15, 0.2) is 0 Å². The van der Waals surface area contributed by atoms with Crippen molar-refractivity contribution in [3.05, 3.63) is 59.5 Å². The van der Waals surface area contributed by atoms with Crippen LogP contribution in [0.25, 0.3) is 22.4 Å². The Morgan fingerprint density at radius 1 is 1.20 bits per heavy atom. The first-order chi connectivity index (χ1) is 14.4. The van der Waals surface area contributed by atoms with Gasteiger partial charge in [-0.25, -0.2) is 13.4 Å². The van der Waals surface area contributed by atoms with E-state index in [9.17, 15) is 8.42 Å². The highest BCUT2D eigenvalue weighted by Crippen LogP contribution is 2.37. The number of thiophene rings is 1. The first kappa shape index (κ1) is 20.6. The summed E-state index contributed by atoms with van der Waals surface area (Å²) in [6, 6.07) is 16.2. The Morgan fingerprint density at radius 3 is 2.67 bits per heavy atom. The zero-order chi connectivity index (χ0) is 21.5. The Morgan fingerprint density at radius 2 is 1.97 bits per heavy atom. The second-order valence-electron chi connectivity index (χ2n) is 6.58. The number of fused-ring (bicyclic) bond motifs is 1. The van der Waals surface area contributed by atoms with E-state index in [1.165, 1.54) is 29.2 Å². The molecule has 0 saturated heterocycles. The van der Waals surface area contributed by atoms with E-state index in [0.29, 0.717) is 9.09 Å². The van der Waals surface area contributed by atoms with Gasteiger partial charge in [0.2, 0.25) is 9.84 Å². The Kier molecular flexibility index (Phi) is 5.44. The van der Waals surface area contributed by atoms with Crippen LogP contribution >= 0.6 is 23.1 Å². The molecule has 154 valence electrons. The number of aromatic nitrogens is 2. The average Bonchev–Trinajstić information content (AvgIpc) is 3.36. The number of nitrogens with one attached hydrogen (secondary N) is 1. The van der Waals surface area contributed by atoms with Gasteiger partial charge in [0.25, 0.3) is 0 Å². The van der Waals surface area contributed by atoms with Crippen LogP contribution in [0.15, 0.2) is 68.6 Å². The molecule has 0 bridgehead atoms. The largest absolute Gasteiger partial charge is 0.383 e. The molecule has 0 aliphatic heterocycles. The van der Waals surface area contributed by atoms with E-state index in [-0.39, 0.29) is 15.6 Å². The fourth-order valence-corrected chi connectivity index (χ4v) is 7.27. The van der Waals surface area contributed by atoms with Gasteiger partial charge in [-0.1, -0.05) is 24.3 Å². The molecular weight excluding hydrogens is 436 g/mol. The number of nitrogens with two attached hydrogens (primary N) is 1. The van der Waals surface area contributed by atoms with E-state index in [1.807, 2.05) is 43.5 Å². The van der Waals surface area contributed by atoms with E-state index in [4.69, 9.17) is 16.1 Å². The van der Waals surface area contributed by atoms with Crippen LogP contribution in [-0.2, 0) is 16.4 Å². The van der Waals surface area contributed by atoms with Crippen molar-refractivity contribution in [2.75, 3.05) is 6.26 Å². The number of hydrogen-bond donors (Lipinski definition) is 2. The third-order valence-corrected chi connectivity index (χ3v) is 9.12. The molecule has 0 aliphatic carbocycles. The fourth-order valence-electron chi connectivity index (χ4n) is 3.37. The Balaban J connectivity index is 1.86. The highest BCUT2D eigenvalue weighted by atomic mass is 32.2. The van der Waals surface area contributed by atoms with Gasteiger partial charge in [-0.05, 0) is 43.5 Å². The summed E-state index contributed by atoms with van der Waals surface area (Å²) in [6.45, 7) is 2.76. The van der Waals surface area contributed by atoms with E-state index >= 15 is 0 Å². The Labute approximate surface area is 183 Å². The van der Waals surface area contributed by atoms with Crippen molar-refractivity contribution >= 4 is 49.8 Å². The molecule has 4 aromatic rings. The standard InChI is InChI=1S/C21H20N4O2S3/c1-3-25-16-10-5-4-9-15(16)24-20(25)13-7-6-8-14(11-13)30(26,27)18-12-17(19(22)23)29-21(18)28-2/h4-12H,3H2,1-2H3,(H3,22,23). The predicted molar refractivity (Wildman–Crippen MR) is 123 cm³/mol. The maximum atomic E-state index is 13.4. The van der Waals surface area contributed by atoms with Gasteiger partial charge in [0, 0.05) is 12.1 Å². The number of thioether (sulfide) groups is 1. The van der Waals surface area contributed by atoms with Gasteiger partial charge in [-0.15, -0.1) is 23.1 Å². The minimum Gasteiger partial charge on any atom is -0.383 e. The molecule has 6 nitrogen and oxygen atoms in total. The summed E-state index contributed by atoms with van der Waals surface area (Å²) in [5.41, 5.74) is 8.20. The van der Waals surface area contributed by atoms with Crippen LogP contribution in [0.1, 0.15) is 11.8 Å². The third-order valence-electron chi connectivity index (χ3n) is 4.78. The van der Waals surface area contributed by atoms with Crippen molar-refractivity contribution in [1.29, 1.82) is 5.41 Å². The fraction of sp³-hybridized carbons (Fsp3) is 0.143. The number of benzene rings is 2. The summed E-state index contributed by atoms with van der Waals surface area (Å²) in [5, 5.41) is 7.65. The number of rotatable bonds is 6. The maximum absolute atomic E-state index is 13.4. The monoisotopic (exact) mass is 456 g/mol. The van der Waals surface area contributed by atoms with Crippen molar-refractivity contribution in [1.82, 2.24) is 9.55 Å². The Bertz CT molecular complexity index is 1370. The van der Waals surface area contributed by atoms with Gasteiger partial charge < -0.3 is 10.3 Å². The molecule has 2 aromatic carbocycles. The van der Waals surface area contributed by atoms with Crippen molar-refractivity contribution < 1.29 is 8.42 Å². The number of hydrogen-bond acceptors (Lipinski definition) is 6. The van der Waals surface area contributed by atoms with Crippen LogP contribution in [-0.4, -0.2) is 30.1 Å². The third kappa shape index (κ3) is 3.42. The molecule has 0 fully saturated rings. The zero-order valence-corrected chi connectivity index (χ0v) is 18.9. The predicted octanol–water partition coefficient (Wildman–Crippen LogP) is 4.62. The molecule has 3 N–H and O–H groups in total. The molecule has 0 atom stereocenters. The van der Waals surface area contributed by atoms with Gasteiger partial charge in [0.05, 0.1) is 29.9 Å². The van der Waals surface area contributed by atoms with Crippen LogP contribution in [0.5, 0.6) is 0 Å². The number of sulfone groups is 1. The minimum absolute atomic E-state index is 0.137. The molecular formula is C21H20N4O2S3. The lowest BCUT2D eigenvalue weighted by Gasteiger charge is -2.09. The Hall–Kier alpha value is -2.62. The van der Waals surface area contributed by atoms with E-state index in [2.05, 4.69) is 4.57 Å². The number of imidazole rings is 1. The molecule has 0 saturated carbocycles. The molecule has 0 unspecified atom stereocenters. The maximum Gasteiger partial charge on any atom is 0.208 e. The summed E-state index contributed by atoms with van der Waals surface area (Å²) < 4.78 is 29.5. The molecule has 0 aliphatic rings. The van der Waals surface area contributed by atoms with Gasteiger partial charge in [-0.2, -0.15) is 0 Å². The minimum atomic E-state index is -3.77. The van der Waals surface area contributed by atoms with E-state index in [0.717, 1.165) is 29.0 Å². The first-order valence-corrected chi connectivity index (χ1v) is 12.7. The number of nitrogen functional groups attached to an aromatic ring is 1. The molecule has 0 radical (unpaired) electrons. The highest BCUT2D eigenvalue weighted by molar-refractivity contribution is 8.01. The molecule has 2 heterocycles. The molecule has 0 amide bonds. The van der Waals surface area contributed by atoms with Crippen LogP contribution in [0.2, 0.25) is 0 Å². The van der Waals surface area contributed by atoms with E-state index in [1.54, 1.807) is 18.2 Å². The lowest BCUT2D eigenvalue weighted by atomic mass is 10.2. The lowest BCUT2D eigenvalue weighted by molar-refractivity contribution is 0.595. The quantitative estimate of drug-likeness (QED) is 0.250. The van der Waals surface area contributed by atoms with Crippen molar-refractivity contribution in [3.8, 4) is 11.4 Å². The summed E-state index contributed by atoms with van der Waals surface area (Å²) in [7, 11) is -3.77. The SMILES string of the molecule is CCn1c(-c2cccc(S(=O)(=O)c3cc(C(=N)N)sc3SC)c2)nc2ccccc21. The van der Waals surface area contributed by atoms with Crippen molar-refractivity contribution in [2.45, 2.75) is 27.5 Å².